The minimum atomic E-state index is -0.773. The van der Waals surface area contributed by atoms with Gasteiger partial charge >= 0.3 is 0 Å². The van der Waals surface area contributed by atoms with E-state index in [1.807, 2.05) is 6.92 Å². The van der Waals surface area contributed by atoms with E-state index in [2.05, 4.69) is 5.32 Å². The van der Waals surface area contributed by atoms with Gasteiger partial charge in [-0.25, -0.2) is 0 Å². The molecule has 0 bridgehead atoms. The van der Waals surface area contributed by atoms with Gasteiger partial charge < -0.3 is 15.8 Å². The molecular weight excluding hydrogens is 250 g/mol. The molecule has 3 N–H and O–H groups in total. The van der Waals surface area contributed by atoms with Crippen molar-refractivity contribution < 1.29 is 14.5 Å². The first-order chi connectivity index (χ1) is 9.03. The smallest absolute Gasteiger partial charge is 0.274 e. The largest absolute Gasteiger partial charge is 0.370 e. The zero-order chi connectivity index (χ0) is 14.4. The number of carbonyl (C=O) groups excluding carboxylic acids is 1. The van der Waals surface area contributed by atoms with Gasteiger partial charge in [0.2, 0.25) is 0 Å². The Labute approximate surface area is 110 Å². The van der Waals surface area contributed by atoms with Gasteiger partial charge in [-0.2, -0.15) is 0 Å². The minimum absolute atomic E-state index is 0.0120. The summed E-state index contributed by atoms with van der Waals surface area (Å²) < 4.78 is 4.89. The van der Waals surface area contributed by atoms with E-state index in [0.29, 0.717) is 17.7 Å². The van der Waals surface area contributed by atoms with Crippen molar-refractivity contribution in [1.29, 1.82) is 0 Å². The highest BCUT2D eigenvalue weighted by atomic mass is 16.6. The summed E-state index contributed by atoms with van der Waals surface area (Å²) in [5.74, 6) is -0.427. The Balaban J connectivity index is 2.94. The summed E-state index contributed by atoms with van der Waals surface area (Å²) in [7, 11) is 1.37. The Bertz CT molecular complexity index is 472. The number of carbonyl (C=O) groups is 1. The molecule has 0 aromatic heterocycles. The van der Waals surface area contributed by atoms with Crippen molar-refractivity contribution in [2.75, 3.05) is 19.0 Å². The molecule has 1 aromatic rings. The lowest BCUT2D eigenvalue weighted by atomic mass is 10.1. The first-order valence-electron chi connectivity index (χ1n) is 5.84. The lowest BCUT2D eigenvalue weighted by Gasteiger charge is -2.13. The highest BCUT2D eigenvalue weighted by Gasteiger charge is 2.18. The summed E-state index contributed by atoms with van der Waals surface area (Å²) in [5.41, 5.74) is 6.32. The number of nitrogens with zero attached hydrogens (tertiary/aromatic N) is 1. The average molecular weight is 267 g/mol. The molecule has 0 aliphatic carbocycles. The molecule has 0 heterocycles. The Hall–Kier alpha value is -1.99. The summed E-state index contributed by atoms with van der Waals surface area (Å²) in [5, 5.41) is 13.5. The number of hydrogen-bond acceptors (Lipinski definition) is 5. The molecule has 1 aromatic carbocycles. The second-order valence-electron chi connectivity index (χ2n) is 3.90. The maximum atomic E-state index is 11.7. The van der Waals surface area contributed by atoms with Gasteiger partial charge in [-0.05, 0) is 12.5 Å². The minimum Gasteiger partial charge on any atom is -0.370 e. The van der Waals surface area contributed by atoms with Crippen molar-refractivity contribution in [3.8, 4) is 0 Å². The Morgan fingerprint density at radius 1 is 1.58 bits per heavy atom. The lowest BCUT2D eigenvalue weighted by Crippen LogP contribution is -2.35. The number of hydrogen-bond donors (Lipinski definition) is 2. The fourth-order valence-corrected chi connectivity index (χ4v) is 1.64. The van der Waals surface area contributed by atoms with E-state index < -0.39 is 16.9 Å². The van der Waals surface area contributed by atoms with Crippen LogP contribution >= 0.6 is 0 Å². The van der Waals surface area contributed by atoms with E-state index >= 15 is 0 Å². The number of nitro benzene ring substituents is 1. The number of nitrogens with two attached hydrogens (primary N) is 1. The zero-order valence-corrected chi connectivity index (χ0v) is 10.9. The molecule has 0 saturated heterocycles. The number of aryl methyl sites for hydroxylation is 1. The number of ether oxygens (including phenoxy) is 1. The van der Waals surface area contributed by atoms with Gasteiger partial charge in [-0.1, -0.05) is 13.0 Å². The van der Waals surface area contributed by atoms with Gasteiger partial charge in [0, 0.05) is 31.0 Å². The molecule has 1 unspecified atom stereocenters. The van der Waals surface area contributed by atoms with E-state index in [-0.39, 0.29) is 12.2 Å². The van der Waals surface area contributed by atoms with Crippen LogP contribution in [0.25, 0.3) is 0 Å². The van der Waals surface area contributed by atoms with Gasteiger partial charge in [-0.15, -0.1) is 0 Å². The molecule has 104 valence electrons. The SMILES string of the molecule is CCc1ccc(NC(=O)C(CN)OC)cc1[N+](=O)[O-]. The highest BCUT2D eigenvalue weighted by molar-refractivity contribution is 5.94. The molecule has 1 atom stereocenters. The van der Waals surface area contributed by atoms with Crippen LogP contribution in [0.15, 0.2) is 18.2 Å². The number of nitro groups is 1. The summed E-state index contributed by atoms with van der Waals surface area (Å²) >= 11 is 0. The van der Waals surface area contributed by atoms with E-state index in [1.54, 1.807) is 12.1 Å². The van der Waals surface area contributed by atoms with Crippen LogP contribution in [0.3, 0.4) is 0 Å². The molecular formula is C12H17N3O4. The van der Waals surface area contributed by atoms with E-state index in [9.17, 15) is 14.9 Å². The van der Waals surface area contributed by atoms with E-state index in [1.165, 1.54) is 13.2 Å². The topological polar surface area (TPSA) is 107 Å². The maximum absolute atomic E-state index is 11.7. The third kappa shape index (κ3) is 3.73. The normalized spacial score (nSPS) is 11.9. The van der Waals surface area contributed by atoms with Gasteiger partial charge in [0.15, 0.2) is 0 Å². The number of benzene rings is 1. The van der Waals surface area contributed by atoms with Crippen LogP contribution in [0.2, 0.25) is 0 Å². The molecule has 0 saturated carbocycles. The fraction of sp³-hybridized carbons (Fsp3) is 0.417. The number of methoxy groups -OCH3 is 1. The van der Waals surface area contributed by atoms with Crippen molar-refractivity contribution in [3.63, 3.8) is 0 Å². The first kappa shape index (κ1) is 15.1. The van der Waals surface area contributed by atoms with Gasteiger partial charge in [0.05, 0.1) is 4.92 Å². The molecule has 0 aliphatic rings. The van der Waals surface area contributed by atoms with Crippen molar-refractivity contribution >= 4 is 17.3 Å². The summed E-state index contributed by atoms with van der Waals surface area (Å²) in [6, 6.07) is 4.57. The number of amides is 1. The molecule has 7 nitrogen and oxygen atoms in total. The van der Waals surface area contributed by atoms with E-state index in [0.717, 1.165) is 0 Å². The van der Waals surface area contributed by atoms with Crippen LogP contribution in [0.5, 0.6) is 0 Å². The standard InChI is InChI=1S/C12H17N3O4/c1-3-8-4-5-9(6-10(8)15(17)18)14-12(16)11(7-13)19-2/h4-6,11H,3,7,13H2,1-2H3,(H,14,16). The van der Waals surface area contributed by atoms with Crippen LogP contribution in [0.1, 0.15) is 12.5 Å². The van der Waals surface area contributed by atoms with Crippen molar-refractivity contribution in [1.82, 2.24) is 0 Å². The van der Waals surface area contributed by atoms with Gasteiger partial charge in [0.1, 0.15) is 6.10 Å². The molecule has 1 rings (SSSR count). The molecule has 19 heavy (non-hydrogen) atoms. The summed E-state index contributed by atoms with van der Waals surface area (Å²) in [6.45, 7) is 1.87. The fourth-order valence-electron chi connectivity index (χ4n) is 1.64. The van der Waals surface area contributed by atoms with Crippen molar-refractivity contribution in [3.05, 3.63) is 33.9 Å². The van der Waals surface area contributed by atoms with Crippen LogP contribution in [-0.2, 0) is 16.0 Å². The van der Waals surface area contributed by atoms with Gasteiger partial charge in [-0.3, -0.25) is 14.9 Å². The summed E-state index contributed by atoms with van der Waals surface area (Å²) in [4.78, 5) is 22.2. The first-order valence-corrected chi connectivity index (χ1v) is 5.84. The predicted molar refractivity (Wildman–Crippen MR) is 71.0 cm³/mol. The monoisotopic (exact) mass is 267 g/mol. The maximum Gasteiger partial charge on any atom is 0.274 e. The molecule has 0 spiro atoms. The Kier molecular flexibility index (Phi) is 5.40. The van der Waals surface area contributed by atoms with Crippen molar-refractivity contribution in [2.45, 2.75) is 19.4 Å². The number of rotatable bonds is 6. The average Bonchev–Trinajstić information content (AvgIpc) is 2.40. The predicted octanol–water partition coefficient (Wildman–Crippen LogP) is 1.07. The quantitative estimate of drug-likeness (QED) is 0.592. The molecule has 0 aliphatic heterocycles. The Morgan fingerprint density at radius 2 is 2.26 bits per heavy atom. The number of nitrogens with one attached hydrogen (secondary N) is 1. The molecule has 0 fully saturated rings. The molecule has 0 radical (unpaired) electrons. The lowest BCUT2D eigenvalue weighted by molar-refractivity contribution is -0.385. The second-order valence-corrected chi connectivity index (χ2v) is 3.90. The van der Waals surface area contributed by atoms with Crippen LogP contribution in [-0.4, -0.2) is 30.6 Å². The summed E-state index contributed by atoms with van der Waals surface area (Å²) in [6.07, 6.45) is -0.224. The third-order valence-electron chi connectivity index (χ3n) is 2.72. The second kappa shape index (κ2) is 6.81. The Morgan fingerprint density at radius 3 is 2.74 bits per heavy atom. The third-order valence-corrected chi connectivity index (χ3v) is 2.72. The molecule has 1 amide bonds. The van der Waals surface area contributed by atoms with Crippen LogP contribution < -0.4 is 11.1 Å². The number of anilines is 1. The van der Waals surface area contributed by atoms with Crippen LogP contribution in [0.4, 0.5) is 11.4 Å². The van der Waals surface area contributed by atoms with E-state index in [4.69, 9.17) is 10.5 Å². The molecule has 7 heteroatoms. The zero-order valence-electron chi connectivity index (χ0n) is 10.9. The van der Waals surface area contributed by atoms with Crippen LogP contribution in [0, 0.1) is 10.1 Å². The highest BCUT2D eigenvalue weighted by Crippen LogP contribution is 2.23. The van der Waals surface area contributed by atoms with Gasteiger partial charge in [0.25, 0.3) is 11.6 Å². The van der Waals surface area contributed by atoms with Crippen molar-refractivity contribution in [2.24, 2.45) is 5.73 Å².